The summed E-state index contributed by atoms with van der Waals surface area (Å²) in [6.45, 7) is 0. The Morgan fingerprint density at radius 2 is 1.93 bits per heavy atom. The molecule has 2 rings (SSSR count). The zero-order valence-corrected chi connectivity index (χ0v) is 8.89. The Bertz CT molecular complexity index is 627. The molecule has 0 saturated heterocycles. The summed E-state index contributed by atoms with van der Waals surface area (Å²) < 4.78 is 34.0. The molecular formula is C9H5ClFNO2S. The molecule has 0 spiro atoms. The Morgan fingerprint density at radius 1 is 1.27 bits per heavy atom. The van der Waals surface area contributed by atoms with Gasteiger partial charge in [0.15, 0.2) is 5.03 Å². The van der Waals surface area contributed by atoms with Gasteiger partial charge < -0.3 is 0 Å². The van der Waals surface area contributed by atoms with Gasteiger partial charge in [0.25, 0.3) is 0 Å². The fourth-order valence-corrected chi connectivity index (χ4v) is 2.04. The first-order chi connectivity index (χ1) is 6.98. The minimum atomic E-state index is -4.81. The molecular weight excluding hydrogens is 241 g/mol. The summed E-state index contributed by atoms with van der Waals surface area (Å²) >= 11 is 5.73. The van der Waals surface area contributed by atoms with Crippen molar-refractivity contribution in [3.05, 3.63) is 35.5 Å². The van der Waals surface area contributed by atoms with Crippen LogP contribution < -0.4 is 0 Å². The molecule has 0 aliphatic carbocycles. The van der Waals surface area contributed by atoms with Gasteiger partial charge in [-0.3, -0.25) is 0 Å². The summed E-state index contributed by atoms with van der Waals surface area (Å²) in [5, 5.41) is 0.441. The van der Waals surface area contributed by atoms with Gasteiger partial charge in [-0.1, -0.05) is 39.8 Å². The van der Waals surface area contributed by atoms with Gasteiger partial charge in [0, 0.05) is 5.39 Å². The van der Waals surface area contributed by atoms with Gasteiger partial charge in [-0.2, -0.15) is 8.42 Å². The molecule has 1 heterocycles. The summed E-state index contributed by atoms with van der Waals surface area (Å²) in [6, 6.07) is 7.90. The molecule has 0 bridgehead atoms. The van der Waals surface area contributed by atoms with Gasteiger partial charge in [0.05, 0.1) is 0 Å². The molecule has 2 aromatic rings. The minimum absolute atomic E-state index is 0.0238. The molecule has 0 atom stereocenters. The SMILES string of the molecule is O=S(=O)(F)c1cc2ccccc2c(Cl)n1. The predicted molar refractivity (Wildman–Crippen MR) is 55.0 cm³/mol. The van der Waals surface area contributed by atoms with Gasteiger partial charge in [-0.25, -0.2) is 4.98 Å². The van der Waals surface area contributed by atoms with Crippen LogP contribution in [0.15, 0.2) is 35.4 Å². The summed E-state index contributed by atoms with van der Waals surface area (Å²) in [5.41, 5.74) is 0. The Hall–Kier alpha value is -1.20. The van der Waals surface area contributed by atoms with E-state index >= 15 is 0 Å². The molecule has 78 valence electrons. The number of halogens is 2. The van der Waals surface area contributed by atoms with Crippen LogP contribution in [0.4, 0.5) is 3.89 Å². The first kappa shape index (κ1) is 10.3. The van der Waals surface area contributed by atoms with Crippen molar-refractivity contribution in [2.75, 3.05) is 0 Å². The maximum Gasteiger partial charge on any atom is 0.349 e. The second-order valence-corrected chi connectivity index (χ2v) is 4.56. The third kappa shape index (κ3) is 1.93. The number of nitrogens with zero attached hydrogens (tertiary/aromatic N) is 1. The van der Waals surface area contributed by atoms with Gasteiger partial charge >= 0.3 is 10.2 Å². The topological polar surface area (TPSA) is 47.0 Å². The van der Waals surface area contributed by atoms with E-state index in [9.17, 15) is 12.3 Å². The van der Waals surface area contributed by atoms with Crippen molar-refractivity contribution in [3.63, 3.8) is 0 Å². The number of rotatable bonds is 1. The summed E-state index contributed by atoms with van der Waals surface area (Å²) in [4.78, 5) is 3.48. The molecule has 6 heteroatoms. The molecule has 1 aromatic carbocycles. The van der Waals surface area contributed by atoms with Crippen LogP contribution in [-0.4, -0.2) is 13.4 Å². The van der Waals surface area contributed by atoms with E-state index in [2.05, 4.69) is 4.98 Å². The van der Waals surface area contributed by atoms with Crippen molar-refractivity contribution in [2.24, 2.45) is 0 Å². The van der Waals surface area contributed by atoms with Crippen molar-refractivity contribution < 1.29 is 12.3 Å². The van der Waals surface area contributed by atoms with Crippen LogP contribution in [0.5, 0.6) is 0 Å². The molecule has 1 aromatic heterocycles. The van der Waals surface area contributed by atoms with Crippen molar-refractivity contribution in [1.82, 2.24) is 4.98 Å². The van der Waals surface area contributed by atoms with Gasteiger partial charge in [0.1, 0.15) is 5.15 Å². The normalized spacial score (nSPS) is 11.9. The molecule has 3 nitrogen and oxygen atoms in total. The van der Waals surface area contributed by atoms with E-state index in [1.165, 1.54) is 0 Å². The van der Waals surface area contributed by atoms with Crippen LogP contribution >= 0.6 is 11.6 Å². The molecule has 0 aliphatic heterocycles. The molecule has 0 unspecified atom stereocenters. The predicted octanol–water partition coefficient (Wildman–Crippen LogP) is 2.55. The highest BCUT2D eigenvalue weighted by atomic mass is 35.5. The van der Waals surface area contributed by atoms with E-state index < -0.39 is 15.2 Å². The number of benzene rings is 1. The highest BCUT2D eigenvalue weighted by molar-refractivity contribution is 7.86. The first-order valence-electron chi connectivity index (χ1n) is 3.98. The number of fused-ring (bicyclic) bond motifs is 1. The third-order valence-electron chi connectivity index (χ3n) is 1.92. The Kier molecular flexibility index (Phi) is 2.36. The van der Waals surface area contributed by atoms with Crippen LogP contribution in [0.25, 0.3) is 10.8 Å². The summed E-state index contributed by atoms with van der Waals surface area (Å²) in [6.07, 6.45) is 0. The summed E-state index contributed by atoms with van der Waals surface area (Å²) in [5.74, 6) is 0. The largest absolute Gasteiger partial charge is 0.349 e. The van der Waals surface area contributed by atoms with Crippen LogP contribution in [0, 0.1) is 0 Å². The van der Waals surface area contributed by atoms with Crippen molar-refractivity contribution >= 4 is 32.6 Å². The first-order valence-corrected chi connectivity index (χ1v) is 5.74. The van der Waals surface area contributed by atoms with Gasteiger partial charge in [-0.15, -0.1) is 0 Å². The van der Waals surface area contributed by atoms with Crippen LogP contribution in [0.1, 0.15) is 0 Å². The lowest BCUT2D eigenvalue weighted by molar-refractivity contribution is 0.548. The summed E-state index contributed by atoms with van der Waals surface area (Å²) in [7, 11) is -4.81. The number of pyridine rings is 1. The molecule has 0 radical (unpaired) electrons. The molecule has 0 N–H and O–H groups in total. The molecule has 0 fully saturated rings. The lowest BCUT2D eigenvalue weighted by atomic mass is 10.2. The van der Waals surface area contributed by atoms with Crippen molar-refractivity contribution in [1.29, 1.82) is 0 Å². The Morgan fingerprint density at radius 3 is 2.60 bits per heavy atom. The van der Waals surface area contributed by atoms with E-state index in [1.807, 2.05) is 0 Å². The lowest BCUT2D eigenvalue weighted by Crippen LogP contribution is -1.96. The maximum absolute atomic E-state index is 12.7. The Balaban J connectivity index is 2.85. The number of aromatic nitrogens is 1. The molecule has 0 amide bonds. The fraction of sp³-hybridized carbons (Fsp3) is 0. The van der Waals surface area contributed by atoms with E-state index in [1.54, 1.807) is 24.3 Å². The smallest absolute Gasteiger partial charge is 0.221 e. The van der Waals surface area contributed by atoms with Gasteiger partial charge in [0.2, 0.25) is 0 Å². The molecule has 0 saturated carbocycles. The molecule has 15 heavy (non-hydrogen) atoms. The average Bonchev–Trinajstić information content (AvgIpc) is 2.16. The zero-order chi connectivity index (χ0) is 11.1. The van der Waals surface area contributed by atoms with Crippen molar-refractivity contribution in [3.8, 4) is 0 Å². The van der Waals surface area contributed by atoms with E-state index in [0.29, 0.717) is 10.8 Å². The minimum Gasteiger partial charge on any atom is -0.221 e. The zero-order valence-electron chi connectivity index (χ0n) is 7.31. The second kappa shape index (κ2) is 3.43. The van der Waals surface area contributed by atoms with Crippen LogP contribution in [-0.2, 0) is 10.2 Å². The van der Waals surface area contributed by atoms with Crippen LogP contribution in [0.3, 0.4) is 0 Å². The highest BCUT2D eigenvalue weighted by Gasteiger charge is 2.16. The average molecular weight is 246 g/mol. The van der Waals surface area contributed by atoms with Gasteiger partial charge in [-0.05, 0) is 11.5 Å². The van der Waals surface area contributed by atoms with Crippen molar-refractivity contribution in [2.45, 2.75) is 5.03 Å². The maximum atomic E-state index is 12.7. The van der Waals surface area contributed by atoms with Crippen LogP contribution in [0.2, 0.25) is 5.15 Å². The monoisotopic (exact) mass is 245 g/mol. The third-order valence-corrected chi connectivity index (χ3v) is 2.92. The lowest BCUT2D eigenvalue weighted by Gasteiger charge is -2.01. The fourth-order valence-electron chi connectivity index (χ4n) is 1.26. The highest BCUT2D eigenvalue weighted by Crippen LogP contribution is 2.24. The number of hydrogen-bond donors (Lipinski definition) is 0. The van der Waals surface area contributed by atoms with E-state index in [4.69, 9.17) is 11.6 Å². The quantitative estimate of drug-likeness (QED) is 0.573. The standard InChI is InChI=1S/C9H5ClFNO2S/c10-9-7-4-2-1-3-6(7)5-8(12-9)15(11,13)14/h1-5H. The Labute approximate surface area is 90.7 Å². The van der Waals surface area contributed by atoms with E-state index in [0.717, 1.165) is 6.07 Å². The molecule has 0 aliphatic rings. The second-order valence-electron chi connectivity index (χ2n) is 2.91. The van der Waals surface area contributed by atoms with E-state index in [-0.39, 0.29) is 5.15 Å². The number of hydrogen-bond acceptors (Lipinski definition) is 3.